The summed E-state index contributed by atoms with van der Waals surface area (Å²) >= 11 is 6.60. The SMILES string of the molecule is O=S(=O)(Cl)c1cc(Br)c(OCC2CCC2)c(Br)c1. The quantitative estimate of drug-likeness (QED) is 0.684. The summed E-state index contributed by atoms with van der Waals surface area (Å²) < 4.78 is 29.4. The zero-order valence-electron chi connectivity index (χ0n) is 9.33. The minimum absolute atomic E-state index is 0.0407. The van der Waals surface area contributed by atoms with E-state index in [1.54, 1.807) is 0 Å². The van der Waals surface area contributed by atoms with Gasteiger partial charge in [-0.05, 0) is 62.8 Å². The molecule has 1 aliphatic rings. The first kappa shape index (κ1) is 14.6. The predicted molar refractivity (Wildman–Crippen MR) is 77.7 cm³/mol. The lowest BCUT2D eigenvalue weighted by atomic mass is 9.86. The molecule has 2 rings (SSSR count). The maximum Gasteiger partial charge on any atom is 0.261 e. The highest BCUT2D eigenvalue weighted by atomic mass is 79.9. The third-order valence-electron chi connectivity index (χ3n) is 2.94. The third kappa shape index (κ3) is 3.40. The van der Waals surface area contributed by atoms with Gasteiger partial charge in [-0.25, -0.2) is 8.42 Å². The molecule has 0 N–H and O–H groups in total. The average molecular weight is 419 g/mol. The first-order valence-electron chi connectivity index (χ1n) is 5.44. The fourth-order valence-corrected chi connectivity index (χ4v) is 4.18. The van der Waals surface area contributed by atoms with Crippen LogP contribution in [0.25, 0.3) is 0 Å². The fourth-order valence-electron chi connectivity index (χ4n) is 1.68. The Morgan fingerprint density at radius 2 is 1.83 bits per heavy atom. The molecule has 0 unspecified atom stereocenters. The second-order valence-electron chi connectivity index (χ2n) is 4.26. The summed E-state index contributed by atoms with van der Waals surface area (Å²) in [5.74, 6) is 1.23. The van der Waals surface area contributed by atoms with Gasteiger partial charge in [0.2, 0.25) is 0 Å². The van der Waals surface area contributed by atoms with Gasteiger partial charge in [0, 0.05) is 10.7 Å². The monoisotopic (exact) mass is 416 g/mol. The second kappa shape index (κ2) is 5.69. The van der Waals surface area contributed by atoms with Crippen molar-refractivity contribution in [1.29, 1.82) is 0 Å². The van der Waals surface area contributed by atoms with Crippen LogP contribution in [0.2, 0.25) is 0 Å². The van der Waals surface area contributed by atoms with Crippen LogP contribution in [0.4, 0.5) is 0 Å². The van der Waals surface area contributed by atoms with Crippen LogP contribution in [0.1, 0.15) is 19.3 Å². The lowest BCUT2D eigenvalue weighted by molar-refractivity contribution is 0.179. The Kier molecular flexibility index (Phi) is 4.62. The third-order valence-corrected chi connectivity index (χ3v) is 5.45. The molecule has 0 saturated heterocycles. The maximum atomic E-state index is 11.3. The molecule has 0 aliphatic heterocycles. The highest BCUT2D eigenvalue weighted by Crippen LogP contribution is 2.38. The molecular formula is C11H11Br2ClO3S. The molecular weight excluding hydrogens is 407 g/mol. The van der Waals surface area contributed by atoms with Crippen molar-refractivity contribution in [1.82, 2.24) is 0 Å². The molecule has 18 heavy (non-hydrogen) atoms. The lowest BCUT2D eigenvalue weighted by Crippen LogP contribution is -2.19. The van der Waals surface area contributed by atoms with Crippen molar-refractivity contribution >= 4 is 51.6 Å². The van der Waals surface area contributed by atoms with E-state index in [0.717, 1.165) is 0 Å². The largest absolute Gasteiger partial charge is 0.491 e. The lowest BCUT2D eigenvalue weighted by Gasteiger charge is -2.25. The van der Waals surface area contributed by atoms with E-state index in [-0.39, 0.29) is 4.90 Å². The smallest absolute Gasteiger partial charge is 0.261 e. The summed E-state index contributed by atoms with van der Waals surface area (Å²) in [7, 11) is 1.57. The summed E-state index contributed by atoms with van der Waals surface area (Å²) in [6.45, 7) is 0.657. The summed E-state index contributed by atoms with van der Waals surface area (Å²) in [6, 6.07) is 2.90. The average Bonchev–Trinajstić information content (AvgIpc) is 2.17. The summed E-state index contributed by atoms with van der Waals surface area (Å²) in [5, 5.41) is 0. The van der Waals surface area contributed by atoms with E-state index in [1.165, 1.54) is 31.4 Å². The molecule has 7 heteroatoms. The molecule has 100 valence electrons. The number of hydrogen-bond donors (Lipinski definition) is 0. The molecule has 1 fully saturated rings. The summed E-state index contributed by atoms with van der Waals surface area (Å²) in [5.41, 5.74) is 0. The Labute approximate surface area is 128 Å². The molecule has 0 atom stereocenters. The molecule has 1 saturated carbocycles. The van der Waals surface area contributed by atoms with Crippen molar-refractivity contribution in [3.05, 3.63) is 21.1 Å². The first-order chi connectivity index (χ1) is 8.38. The predicted octanol–water partition coefficient (Wildman–Crippen LogP) is 4.32. The number of benzene rings is 1. The van der Waals surface area contributed by atoms with Gasteiger partial charge in [-0.3, -0.25) is 0 Å². The Morgan fingerprint density at radius 3 is 2.22 bits per heavy atom. The number of rotatable bonds is 4. The van der Waals surface area contributed by atoms with Gasteiger partial charge in [-0.1, -0.05) is 6.42 Å². The van der Waals surface area contributed by atoms with Crippen LogP contribution in [0.15, 0.2) is 26.0 Å². The van der Waals surface area contributed by atoms with Crippen LogP contribution in [-0.2, 0) is 9.05 Å². The number of halogens is 3. The zero-order chi connectivity index (χ0) is 13.3. The van der Waals surface area contributed by atoms with Crippen LogP contribution in [0.3, 0.4) is 0 Å². The molecule has 0 bridgehead atoms. The van der Waals surface area contributed by atoms with Gasteiger partial charge in [-0.2, -0.15) is 0 Å². The van der Waals surface area contributed by atoms with E-state index in [1.807, 2.05) is 0 Å². The van der Waals surface area contributed by atoms with Crippen molar-refractivity contribution in [2.24, 2.45) is 5.92 Å². The topological polar surface area (TPSA) is 43.4 Å². The van der Waals surface area contributed by atoms with Crippen LogP contribution >= 0.6 is 42.5 Å². The zero-order valence-corrected chi connectivity index (χ0v) is 14.1. The fraction of sp³-hybridized carbons (Fsp3) is 0.455. The Balaban J connectivity index is 2.20. The molecule has 0 amide bonds. The van der Waals surface area contributed by atoms with Crippen molar-refractivity contribution in [2.45, 2.75) is 24.2 Å². The van der Waals surface area contributed by atoms with Gasteiger partial charge in [0.15, 0.2) is 0 Å². The molecule has 0 aromatic heterocycles. The van der Waals surface area contributed by atoms with Crippen LogP contribution in [0, 0.1) is 5.92 Å². The molecule has 0 radical (unpaired) electrons. The van der Waals surface area contributed by atoms with E-state index < -0.39 is 9.05 Å². The minimum atomic E-state index is -3.73. The van der Waals surface area contributed by atoms with E-state index in [4.69, 9.17) is 15.4 Å². The summed E-state index contributed by atoms with van der Waals surface area (Å²) in [4.78, 5) is 0.0407. The van der Waals surface area contributed by atoms with Gasteiger partial charge >= 0.3 is 0 Å². The van der Waals surface area contributed by atoms with Crippen LogP contribution in [0.5, 0.6) is 5.75 Å². The highest BCUT2D eigenvalue weighted by molar-refractivity contribution is 9.11. The van der Waals surface area contributed by atoms with Gasteiger partial charge in [0.1, 0.15) is 5.75 Å². The standard InChI is InChI=1S/C11H11Br2ClO3S/c12-9-4-8(18(14,15)16)5-10(13)11(9)17-6-7-2-1-3-7/h4-5,7H,1-3,6H2. The molecule has 0 heterocycles. The number of ether oxygens (including phenoxy) is 1. The normalized spacial score (nSPS) is 16.4. The molecule has 0 spiro atoms. The van der Waals surface area contributed by atoms with Gasteiger partial charge < -0.3 is 4.74 Å². The van der Waals surface area contributed by atoms with E-state index in [2.05, 4.69) is 31.9 Å². The van der Waals surface area contributed by atoms with Crippen molar-refractivity contribution in [3.8, 4) is 5.75 Å². The Morgan fingerprint density at radius 1 is 1.28 bits per heavy atom. The first-order valence-corrected chi connectivity index (χ1v) is 9.34. The van der Waals surface area contributed by atoms with Crippen LogP contribution in [-0.4, -0.2) is 15.0 Å². The number of hydrogen-bond acceptors (Lipinski definition) is 3. The molecule has 1 aliphatic carbocycles. The van der Waals surface area contributed by atoms with Gasteiger partial charge in [-0.15, -0.1) is 0 Å². The summed E-state index contributed by atoms with van der Waals surface area (Å²) in [6.07, 6.45) is 3.66. The second-order valence-corrected chi connectivity index (χ2v) is 8.54. The van der Waals surface area contributed by atoms with Crippen molar-refractivity contribution in [2.75, 3.05) is 6.61 Å². The Bertz CT molecular complexity index is 532. The minimum Gasteiger partial charge on any atom is -0.491 e. The maximum absolute atomic E-state index is 11.3. The molecule has 1 aromatic rings. The molecule has 3 nitrogen and oxygen atoms in total. The van der Waals surface area contributed by atoms with Crippen LogP contribution < -0.4 is 4.74 Å². The highest BCUT2D eigenvalue weighted by Gasteiger charge is 2.20. The van der Waals surface area contributed by atoms with Crippen molar-refractivity contribution in [3.63, 3.8) is 0 Å². The van der Waals surface area contributed by atoms with Gasteiger partial charge in [0.25, 0.3) is 9.05 Å². The van der Waals surface area contributed by atoms with E-state index in [0.29, 0.717) is 27.2 Å². The van der Waals surface area contributed by atoms with Gasteiger partial charge in [0.05, 0.1) is 20.4 Å². The molecule has 1 aromatic carbocycles. The Hall–Kier alpha value is 0.220. The van der Waals surface area contributed by atoms with E-state index >= 15 is 0 Å². The van der Waals surface area contributed by atoms with E-state index in [9.17, 15) is 8.42 Å². The van der Waals surface area contributed by atoms with Crippen molar-refractivity contribution < 1.29 is 13.2 Å².